The van der Waals surface area contributed by atoms with Crippen molar-refractivity contribution in [2.75, 3.05) is 10.6 Å². The highest BCUT2D eigenvalue weighted by atomic mass is 16.6. The SMILES string of the molecule is Cc1c(NC(=O)OC(C)(C)C)ccc2c1Cc1cc(NC(=O)OC(C)(C)C)ccc1-2. The number of nitrogens with one attached hydrogen (secondary N) is 2. The topological polar surface area (TPSA) is 76.7 Å². The van der Waals surface area contributed by atoms with E-state index in [9.17, 15) is 9.59 Å². The highest BCUT2D eigenvalue weighted by Crippen LogP contribution is 2.41. The lowest BCUT2D eigenvalue weighted by Crippen LogP contribution is -2.27. The third kappa shape index (κ3) is 5.12. The van der Waals surface area contributed by atoms with E-state index in [1.54, 1.807) is 0 Å². The van der Waals surface area contributed by atoms with Gasteiger partial charge in [-0.1, -0.05) is 12.1 Å². The second-order valence-electron chi connectivity index (χ2n) is 9.57. The van der Waals surface area contributed by atoms with E-state index in [4.69, 9.17) is 9.47 Å². The Hall–Kier alpha value is -3.02. The molecule has 0 heterocycles. The van der Waals surface area contributed by atoms with Crippen LogP contribution in [0.3, 0.4) is 0 Å². The van der Waals surface area contributed by atoms with E-state index in [1.165, 1.54) is 0 Å². The standard InChI is InChI=1S/C24H30N2O4/c1-14-19-13-15-12-16(25-21(27)29-23(2,3)4)8-9-17(15)18(19)10-11-20(14)26-22(28)30-24(5,6)7/h8-12H,13H2,1-7H3,(H,25,27)(H,26,28). The van der Waals surface area contributed by atoms with Gasteiger partial charge in [0.05, 0.1) is 0 Å². The van der Waals surface area contributed by atoms with Crippen LogP contribution in [0, 0.1) is 6.92 Å². The average molecular weight is 411 g/mol. The van der Waals surface area contributed by atoms with Crippen LogP contribution >= 0.6 is 0 Å². The van der Waals surface area contributed by atoms with Crippen LogP contribution in [-0.2, 0) is 15.9 Å². The van der Waals surface area contributed by atoms with Crippen LogP contribution in [0.4, 0.5) is 21.0 Å². The molecule has 6 nitrogen and oxygen atoms in total. The molecule has 0 bridgehead atoms. The molecule has 0 aliphatic heterocycles. The summed E-state index contributed by atoms with van der Waals surface area (Å²) in [6, 6.07) is 9.77. The summed E-state index contributed by atoms with van der Waals surface area (Å²) in [7, 11) is 0. The molecule has 0 unspecified atom stereocenters. The van der Waals surface area contributed by atoms with Crippen molar-refractivity contribution in [3.8, 4) is 11.1 Å². The Bertz CT molecular complexity index is 997. The van der Waals surface area contributed by atoms with Gasteiger partial charge in [-0.3, -0.25) is 10.6 Å². The number of ether oxygens (including phenoxy) is 2. The van der Waals surface area contributed by atoms with Crippen LogP contribution in [0.25, 0.3) is 11.1 Å². The summed E-state index contributed by atoms with van der Waals surface area (Å²) in [5.41, 5.74) is 5.89. The monoisotopic (exact) mass is 410 g/mol. The number of hydrogen-bond acceptors (Lipinski definition) is 4. The van der Waals surface area contributed by atoms with Crippen LogP contribution < -0.4 is 10.6 Å². The maximum absolute atomic E-state index is 12.2. The number of carbonyl (C=O) groups is 2. The van der Waals surface area contributed by atoms with Crippen LogP contribution in [0.1, 0.15) is 58.2 Å². The molecular weight excluding hydrogens is 380 g/mol. The van der Waals surface area contributed by atoms with E-state index in [0.717, 1.165) is 39.9 Å². The van der Waals surface area contributed by atoms with Crippen LogP contribution in [-0.4, -0.2) is 23.4 Å². The molecule has 0 spiro atoms. The van der Waals surface area contributed by atoms with Gasteiger partial charge in [-0.25, -0.2) is 9.59 Å². The average Bonchev–Trinajstić information content (AvgIpc) is 2.92. The molecular formula is C24H30N2O4. The van der Waals surface area contributed by atoms with Gasteiger partial charge in [-0.2, -0.15) is 0 Å². The molecule has 0 saturated carbocycles. The fourth-order valence-electron chi connectivity index (χ4n) is 3.48. The number of benzene rings is 2. The lowest BCUT2D eigenvalue weighted by molar-refractivity contribution is 0.0624. The van der Waals surface area contributed by atoms with Crippen molar-refractivity contribution in [1.82, 2.24) is 0 Å². The zero-order chi connectivity index (χ0) is 22.3. The quantitative estimate of drug-likeness (QED) is 0.523. The van der Waals surface area contributed by atoms with Gasteiger partial charge in [-0.05, 0) is 101 Å². The lowest BCUT2D eigenvalue weighted by Gasteiger charge is -2.20. The Morgan fingerprint density at radius 2 is 1.40 bits per heavy atom. The van der Waals surface area contributed by atoms with Crippen LogP contribution in [0.5, 0.6) is 0 Å². The summed E-state index contributed by atoms with van der Waals surface area (Å²) in [6.45, 7) is 13.0. The fourth-order valence-corrected chi connectivity index (χ4v) is 3.48. The van der Waals surface area contributed by atoms with E-state index in [1.807, 2.05) is 78.8 Å². The second kappa shape index (κ2) is 7.67. The molecule has 160 valence electrons. The highest BCUT2D eigenvalue weighted by molar-refractivity contribution is 5.90. The van der Waals surface area contributed by atoms with Crippen molar-refractivity contribution in [2.24, 2.45) is 0 Å². The van der Waals surface area contributed by atoms with Crippen LogP contribution in [0.2, 0.25) is 0 Å². The Labute approximate surface area is 178 Å². The minimum absolute atomic E-state index is 0.468. The van der Waals surface area contributed by atoms with Crippen molar-refractivity contribution in [3.05, 3.63) is 47.0 Å². The minimum Gasteiger partial charge on any atom is -0.444 e. The summed E-state index contributed by atoms with van der Waals surface area (Å²) in [5, 5.41) is 5.64. The van der Waals surface area contributed by atoms with Gasteiger partial charge in [0, 0.05) is 11.4 Å². The molecule has 30 heavy (non-hydrogen) atoms. The van der Waals surface area contributed by atoms with E-state index in [-0.39, 0.29) is 0 Å². The Morgan fingerprint density at radius 1 is 0.833 bits per heavy atom. The first kappa shape index (κ1) is 21.7. The van der Waals surface area contributed by atoms with Crippen molar-refractivity contribution < 1.29 is 19.1 Å². The molecule has 0 atom stereocenters. The number of fused-ring (bicyclic) bond motifs is 3. The molecule has 0 fully saturated rings. The number of anilines is 2. The van der Waals surface area contributed by atoms with E-state index in [0.29, 0.717) is 5.69 Å². The van der Waals surface area contributed by atoms with Gasteiger partial charge in [-0.15, -0.1) is 0 Å². The molecule has 2 aromatic carbocycles. The molecule has 3 rings (SSSR count). The molecule has 1 aliphatic carbocycles. The first-order valence-electron chi connectivity index (χ1n) is 10.1. The van der Waals surface area contributed by atoms with E-state index < -0.39 is 23.4 Å². The Balaban J connectivity index is 1.78. The second-order valence-corrected chi connectivity index (χ2v) is 9.57. The molecule has 2 N–H and O–H groups in total. The van der Waals surface area contributed by atoms with Crippen molar-refractivity contribution in [1.29, 1.82) is 0 Å². The number of carbonyl (C=O) groups excluding carboxylic acids is 2. The zero-order valence-electron chi connectivity index (χ0n) is 18.7. The zero-order valence-corrected chi connectivity index (χ0v) is 18.7. The summed E-state index contributed by atoms with van der Waals surface area (Å²) in [4.78, 5) is 24.2. The van der Waals surface area contributed by atoms with E-state index in [2.05, 4.69) is 10.6 Å². The fraction of sp³-hybridized carbons (Fsp3) is 0.417. The smallest absolute Gasteiger partial charge is 0.412 e. The van der Waals surface area contributed by atoms with Crippen LogP contribution in [0.15, 0.2) is 30.3 Å². The van der Waals surface area contributed by atoms with Gasteiger partial charge in [0.1, 0.15) is 11.2 Å². The first-order valence-corrected chi connectivity index (χ1v) is 10.1. The van der Waals surface area contributed by atoms with Gasteiger partial charge in [0.25, 0.3) is 0 Å². The van der Waals surface area contributed by atoms with Crippen molar-refractivity contribution >= 4 is 23.6 Å². The molecule has 0 saturated heterocycles. The third-order valence-corrected chi connectivity index (χ3v) is 4.64. The summed E-state index contributed by atoms with van der Waals surface area (Å²) in [5.74, 6) is 0. The van der Waals surface area contributed by atoms with Gasteiger partial charge < -0.3 is 9.47 Å². The van der Waals surface area contributed by atoms with Gasteiger partial charge in [0.15, 0.2) is 0 Å². The number of hydrogen-bond donors (Lipinski definition) is 2. The highest BCUT2D eigenvalue weighted by Gasteiger charge is 2.24. The molecule has 2 aromatic rings. The molecule has 2 amide bonds. The molecule has 0 aromatic heterocycles. The van der Waals surface area contributed by atoms with Gasteiger partial charge >= 0.3 is 12.2 Å². The van der Waals surface area contributed by atoms with Gasteiger partial charge in [0.2, 0.25) is 0 Å². The molecule has 6 heteroatoms. The minimum atomic E-state index is -0.553. The van der Waals surface area contributed by atoms with E-state index >= 15 is 0 Å². The molecule has 0 radical (unpaired) electrons. The van der Waals surface area contributed by atoms with Crippen molar-refractivity contribution in [3.63, 3.8) is 0 Å². The maximum Gasteiger partial charge on any atom is 0.412 e. The first-order chi connectivity index (χ1) is 13.8. The Morgan fingerprint density at radius 3 is 2.00 bits per heavy atom. The molecule has 1 aliphatic rings. The lowest BCUT2D eigenvalue weighted by atomic mass is 10.0. The summed E-state index contributed by atoms with van der Waals surface area (Å²) >= 11 is 0. The third-order valence-electron chi connectivity index (χ3n) is 4.64. The number of rotatable bonds is 2. The summed E-state index contributed by atoms with van der Waals surface area (Å²) < 4.78 is 10.7. The Kier molecular flexibility index (Phi) is 5.54. The maximum atomic E-state index is 12.2. The predicted molar refractivity (Wildman–Crippen MR) is 119 cm³/mol. The largest absolute Gasteiger partial charge is 0.444 e. The number of amides is 2. The summed E-state index contributed by atoms with van der Waals surface area (Å²) in [6.07, 6.45) is -0.215. The normalized spacial score (nSPS) is 12.6. The van der Waals surface area contributed by atoms with Crippen molar-refractivity contribution in [2.45, 2.75) is 66.1 Å². The predicted octanol–water partition coefficient (Wildman–Crippen LogP) is 6.26.